The first-order valence-corrected chi connectivity index (χ1v) is 9.00. The number of fused-ring (bicyclic) bond motifs is 2. The van der Waals surface area contributed by atoms with Gasteiger partial charge in [-0.2, -0.15) is 0 Å². The summed E-state index contributed by atoms with van der Waals surface area (Å²) in [6.45, 7) is 3.11. The minimum atomic E-state index is -0.241. The van der Waals surface area contributed by atoms with E-state index in [0.717, 1.165) is 17.9 Å². The summed E-state index contributed by atoms with van der Waals surface area (Å²) in [7, 11) is 0. The van der Waals surface area contributed by atoms with Crippen molar-refractivity contribution < 1.29 is 14.3 Å². The van der Waals surface area contributed by atoms with Gasteiger partial charge in [0.25, 0.3) is 0 Å². The lowest BCUT2D eigenvalue weighted by Crippen LogP contribution is -2.39. The zero-order valence-electron chi connectivity index (χ0n) is 14.3. The van der Waals surface area contributed by atoms with Gasteiger partial charge < -0.3 is 9.64 Å². The van der Waals surface area contributed by atoms with Gasteiger partial charge in [-0.15, -0.1) is 0 Å². The summed E-state index contributed by atoms with van der Waals surface area (Å²) in [4.78, 5) is 30.7. The summed E-state index contributed by atoms with van der Waals surface area (Å²) < 4.78 is 5.01. The first kappa shape index (κ1) is 16.9. The van der Waals surface area contributed by atoms with E-state index >= 15 is 0 Å². The lowest BCUT2D eigenvalue weighted by molar-refractivity contribution is -0.145. The third-order valence-electron chi connectivity index (χ3n) is 5.35. The largest absolute Gasteiger partial charge is 0.466 e. The van der Waals surface area contributed by atoms with Gasteiger partial charge in [-0.05, 0) is 49.7 Å². The van der Waals surface area contributed by atoms with Crippen LogP contribution >= 0.6 is 0 Å². The van der Waals surface area contributed by atoms with Gasteiger partial charge in [-0.25, -0.2) is 0 Å². The molecule has 0 spiro atoms. The fourth-order valence-electron chi connectivity index (χ4n) is 4.22. The molecule has 5 heteroatoms. The van der Waals surface area contributed by atoms with E-state index in [2.05, 4.69) is 4.98 Å². The standard InChI is InChI=1S/C19H26N2O3/c1-2-24-18(22)7-9-21(13-15-4-3-8-20-12-15)19(23)17-11-14-5-6-16(17)10-14/h3-4,8,12,14,16-17H,2,5-7,9-11,13H2,1H3/t14-,16-,17+/m0/s1. The normalized spacial score (nSPS) is 24.8. The van der Waals surface area contributed by atoms with Crippen molar-refractivity contribution >= 4 is 11.9 Å². The van der Waals surface area contributed by atoms with Gasteiger partial charge in [0.1, 0.15) is 0 Å². The van der Waals surface area contributed by atoms with E-state index in [1.165, 1.54) is 19.3 Å². The second-order valence-electron chi connectivity index (χ2n) is 6.96. The van der Waals surface area contributed by atoms with Gasteiger partial charge in [-0.3, -0.25) is 14.6 Å². The Morgan fingerprint density at radius 3 is 2.83 bits per heavy atom. The Morgan fingerprint density at radius 2 is 2.21 bits per heavy atom. The first-order valence-electron chi connectivity index (χ1n) is 9.00. The van der Waals surface area contributed by atoms with E-state index in [-0.39, 0.29) is 24.2 Å². The van der Waals surface area contributed by atoms with Crippen LogP contribution in [0.15, 0.2) is 24.5 Å². The summed E-state index contributed by atoms with van der Waals surface area (Å²) in [5, 5.41) is 0. The van der Waals surface area contributed by atoms with E-state index < -0.39 is 0 Å². The number of carbonyl (C=O) groups is 2. The Morgan fingerprint density at radius 1 is 1.33 bits per heavy atom. The van der Waals surface area contributed by atoms with Gasteiger partial charge in [0.2, 0.25) is 5.91 Å². The van der Waals surface area contributed by atoms with Crippen molar-refractivity contribution in [3.63, 3.8) is 0 Å². The molecule has 2 bridgehead atoms. The van der Waals surface area contributed by atoms with Crippen molar-refractivity contribution in [3.05, 3.63) is 30.1 Å². The Hall–Kier alpha value is -1.91. The molecule has 5 nitrogen and oxygen atoms in total. The van der Waals surface area contributed by atoms with Crippen LogP contribution < -0.4 is 0 Å². The van der Waals surface area contributed by atoms with Crippen LogP contribution in [-0.4, -0.2) is 34.9 Å². The molecule has 2 saturated carbocycles. The summed E-state index contributed by atoms with van der Waals surface area (Å²) in [5.41, 5.74) is 0.998. The molecule has 3 atom stereocenters. The molecule has 1 aromatic heterocycles. The average Bonchev–Trinajstić information content (AvgIpc) is 3.22. The van der Waals surface area contributed by atoms with E-state index in [9.17, 15) is 9.59 Å². The molecule has 24 heavy (non-hydrogen) atoms. The average molecular weight is 330 g/mol. The number of ether oxygens (including phenoxy) is 1. The van der Waals surface area contributed by atoms with Crippen LogP contribution in [0.3, 0.4) is 0 Å². The van der Waals surface area contributed by atoms with Gasteiger partial charge in [0.15, 0.2) is 0 Å². The Labute approximate surface area is 143 Å². The zero-order chi connectivity index (χ0) is 16.9. The van der Waals surface area contributed by atoms with E-state index in [1.54, 1.807) is 19.3 Å². The number of hydrogen-bond acceptors (Lipinski definition) is 4. The van der Waals surface area contributed by atoms with Crippen LogP contribution in [0.5, 0.6) is 0 Å². The number of carbonyl (C=O) groups excluding carboxylic acids is 2. The molecule has 2 fully saturated rings. The van der Waals surface area contributed by atoms with Crippen LogP contribution in [0.2, 0.25) is 0 Å². The fraction of sp³-hybridized carbons (Fsp3) is 0.632. The molecule has 0 N–H and O–H groups in total. The Balaban J connectivity index is 1.66. The lowest BCUT2D eigenvalue weighted by Gasteiger charge is -2.29. The molecular weight excluding hydrogens is 304 g/mol. The number of pyridine rings is 1. The van der Waals surface area contributed by atoms with Gasteiger partial charge in [-0.1, -0.05) is 12.5 Å². The fourth-order valence-corrected chi connectivity index (χ4v) is 4.22. The number of rotatable bonds is 7. The molecule has 3 rings (SSSR count). The van der Waals surface area contributed by atoms with Crippen molar-refractivity contribution in [1.29, 1.82) is 0 Å². The van der Waals surface area contributed by atoms with E-state index in [0.29, 0.717) is 25.6 Å². The Bertz CT molecular complexity index is 575. The van der Waals surface area contributed by atoms with Crippen LogP contribution in [-0.2, 0) is 20.9 Å². The SMILES string of the molecule is CCOC(=O)CCN(Cc1cccnc1)C(=O)[C@@H]1C[C@H]2CC[C@H]1C2. The second-order valence-corrected chi connectivity index (χ2v) is 6.96. The van der Waals surface area contributed by atoms with Crippen molar-refractivity contribution in [2.75, 3.05) is 13.2 Å². The highest BCUT2D eigenvalue weighted by Crippen LogP contribution is 2.48. The molecule has 0 radical (unpaired) electrons. The van der Waals surface area contributed by atoms with Crippen LogP contribution in [0.4, 0.5) is 0 Å². The minimum Gasteiger partial charge on any atom is -0.466 e. The maximum absolute atomic E-state index is 13.1. The molecule has 0 saturated heterocycles. The highest BCUT2D eigenvalue weighted by molar-refractivity contribution is 5.80. The minimum absolute atomic E-state index is 0.141. The highest BCUT2D eigenvalue weighted by Gasteiger charge is 2.44. The smallest absolute Gasteiger partial charge is 0.307 e. The van der Waals surface area contributed by atoms with Crippen LogP contribution in [0.25, 0.3) is 0 Å². The van der Waals surface area contributed by atoms with E-state index in [1.807, 2.05) is 17.0 Å². The topological polar surface area (TPSA) is 59.5 Å². The van der Waals surface area contributed by atoms with Crippen molar-refractivity contribution in [2.45, 2.75) is 45.6 Å². The van der Waals surface area contributed by atoms with Gasteiger partial charge >= 0.3 is 5.97 Å². The monoisotopic (exact) mass is 330 g/mol. The maximum atomic E-state index is 13.1. The highest BCUT2D eigenvalue weighted by atomic mass is 16.5. The summed E-state index contributed by atoms with van der Waals surface area (Å²) in [5.74, 6) is 1.38. The number of esters is 1. The van der Waals surface area contributed by atoms with Crippen molar-refractivity contribution in [3.8, 4) is 0 Å². The molecular formula is C19H26N2O3. The van der Waals surface area contributed by atoms with Crippen molar-refractivity contribution in [2.24, 2.45) is 17.8 Å². The predicted molar refractivity (Wildman–Crippen MR) is 89.8 cm³/mol. The number of nitrogens with zero attached hydrogens (tertiary/aromatic N) is 2. The van der Waals surface area contributed by atoms with Crippen molar-refractivity contribution in [1.82, 2.24) is 9.88 Å². The summed E-state index contributed by atoms with van der Waals surface area (Å²) in [6, 6.07) is 3.85. The molecule has 1 amide bonds. The third-order valence-corrected chi connectivity index (χ3v) is 5.35. The summed E-state index contributed by atoms with van der Waals surface area (Å²) in [6.07, 6.45) is 8.44. The Kier molecular flexibility index (Phi) is 5.48. The number of amides is 1. The van der Waals surface area contributed by atoms with Crippen LogP contribution in [0.1, 0.15) is 44.6 Å². The molecule has 2 aliphatic rings. The van der Waals surface area contributed by atoms with Gasteiger partial charge in [0.05, 0.1) is 13.0 Å². The third kappa shape index (κ3) is 3.94. The molecule has 0 aromatic carbocycles. The molecule has 1 aromatic rings. The quantitative estimate of drug-likeness (QED) is 0.721. The zero-order valence-corrected chi connectivity index (χ0v) is 14.3. The van der Waals surface area contributed by atoms with Gasteiger partial charge in [0, 0.05) is 31.4 Å². The van der Waals surface area contributed by atoms with E-state index in [4.69, 9.17) is 4.74 Å². The first-order chi connectivity index (χ1) is 11.7. The molecule has 1 heterocycles. The number of hydrogen-bond donors (Lipinski definition) is 0. The second kappa shape index (κ2) is 7.77. The molecule has 130 valence electrons. The summed E-state index contributed by atoms with van der Waals surface area (Å²) >= 11 is 0. The predicted octanol–water partition coefficient (Wildman–Crippen LogP) is 2.80. The molecule has 0 aliphatic heterocycles. The molecule has 0 unspecified atom stereocenters. The molecule has 2 aliphatic carbocycles. The number of aromatic nitrogens is 1. The maximum Gasteiger partial charge on any atom is 0.307 e. The van der Waals surface area contributed by atoms with Crippen LogP contribution in [0, 0.1) is 17.8 Å². The lowest BCUT2D eigenvalue weighted by atomic mass is 9.87.